The normalized spacial score (nSPS) is 16.2. The Balaban J connectivity index is 1.58. The number of nitrogens with zero attached hydrogens (tertiary/aromatic N) is 1. The van der Waals surface area contributed by atoms with E-state index in [0.29, 0.717) is 6.61 Å². The first-order chi connectivity index (χ1) is 12.8. The average Bonchev–Trinajstić information content (AvgIpc) is 2.72. The minimum absolute atomic E-state index is 0.0222. The molecule has 4 nitrogen and oxygen atoms in total. The lowest BCUT2D eigenvalue weighted by molar-refractivity contribution is 0.221. The summed E-state index contributed by atoms with van der Waals surface area (Å²) in [7, 11) is 1.67. The van der Waals surface area contributed by atoms with Crippen LogP contribution in [0.15, 0.2) is 48.5 Å². The Morgan fingerprint density at radius 3 is 2.50 bits per heavy atom. The summed E-state index contributed by atoms with van der Waals surface area (Å²) >= 11 is 0. The molecule has 1 aliphatic heterocycles. The number of ether oxygens (including phenoxy) is 2. The minimum Gasteiger partial charge on any atom is -0.493 e. The van der Waals surface area contributed by atoms with Crippen molar-refractivity contribution in [2.75, 3.05) is 26.7 Å². The van der Waals surface area contributed by atoms with Crippen LogP contribution in [0, 0.1) is 0 Å². The molecule has 1 saturated heterocycles. The second-order valence-corrected chi connectivity index (χ2v) is 6.98. The lowest BCUT2D eigenvalue weighted by Crippen LogP contribution is -2.32. The third kappa shape index (κ3) is 5.23. The lowest BCUT2D eigenvalue weighted by atomic mass is 10.0. The van der Waals surface area contributed by atoms with Gasteiger partial charge in [0.05, 0.1) is 7.11 Å². The summed E-state index contributed by atoms with van der Waals surface area (Å²) < 4.78 is 11.5. The number of likely N-dealkylation sites (tertiary alicyclic amines) is 1. The zero-order chi connectivity index (χ0) is 18.2. The van der Waals surface area contributed by atoms with Crippen LogP contribution in [-0.4, -0.2) is 31.6 Å². The first-order valence-corrected chi connectivity index (χ1v) is 9.59. The topological polar surface area (TPSA) is 47.7 Å². The van der Waals surface area contributed by atoms with E-state index < -0.39 is 0 Å². The molecule has 0 saturated carbocycles. The van der Waals surface area contributed by atoms with E-state index in [4.69, 9.17) is 15.2 Å². The van der Waals surface area contributed by atoms with Gasteiger partial charge in [0.2, 0.25) is 0 Å². The molecule has 1 fully saturated rings. The molecule has 0 amide bonds. The van der Waals surface area contributed by atoms with E-state index in [-0.39, 0.29) is 6.04 Å². The molecule has 1 aliphatic rings. The highest BCUT2D eigenvalue weighted by Gasteiger charge is 2.14. The zero-order valence-electron chi connectivity index (χ0n) is 15.7. The van der Waals surface area contributed by atoms with Crippen LogP contribution in [0.2, 0.25) is 0 Å². The van der Waals surface area contributed by atoms with Gasteiger partial charge in [0.15, 0.2) is 11.5 Å². The highest BCUT2D eigenvalue weighted by atomic mass is 16.5. The van der Waals surface area contributed by atoms with Crippen molar-refractivity contribution in [1.82, 2.24) is 4.90 Å². The third-order valence-electron chi connectivity index (χ3n) is 5.06. The number of methoxy groups -OCH3 is 1. The van der Waals surface area contributed by atoms with Crippen LogP contribution in [0.5, 0.6) is 11.5 Å². The quantitative estimate of drug-likeness (QED) is 0.774. The number of benzene rings is 2. The van der Waals surface area contributed by atoms with Crippen molar-refractivity contribution in [2.24, 2.45) is 5.73 Å². The Hall–Kier alpha value is -2.04. The molecule has 2 N–H and O–H groups in total. The minimum atomic E-state index is 0.0222. The Kier molecular flexibility index (Phi) is 6.92. The molecule has 0 aliphatic carbocycles. The van der Waals surface area contributed by atoms with Crippen molar-refractivity contribution in [3.63, 3.8) is 0 Å². The van der Waals surface area contributed by atoms with Crippen molar-refractivity contribution in [3.05, 3.63) is 59.7 Å². The van der Waals surface area contributed by atoms with E-state index in [0.717, 1.165) is 35.6 Å². The second-order valence-electron chi connectivity index (χ2n) is 6.98. The largest absolute Gasteiger partial charge is 0.493 e. The molecule has 0 spiro atoms. The predicted octanol–water partition coefficient (Wildman–Crippen LogP) is 4.15. The smallest absolute Gasteiger partial charge is 0.161 e. The van der Waals surface area contributed by atoms with Gasteiger partial charge in [-0.15, -0.1) is 0 Å². The number of nitrogens with two attached hydrogens (primary N) is 1. The Bertz CT molecular complexity index is 669. The standard InChI is InChI=1S/C22H30N2O2/c1-25-22-16-19(20(23)12-15-24-13-6-3-7-14-24)10-11-21(22)26-17-18-8-4-2-5-9-18/h2,4-5,8-11,16,20H,3,6-7,12-15,17,23H2,1H3. The molecule has 0 radical (unpaired) electrons. The van der Waals surface area contributed by atoms with E-state index >= 15 is 0 Å². The molecule has 0 bridgehead atoms. The van der Waals surface area contributed by atoms with Gasteiger partial charge in [0.1, 0.15) is 6.61 Å². The Morgan fingerprint density at radius 2 is 1.77 bits per heavy atom. The fourth-order valence-corrected chi connectivity index (χ4v) is 3.44. The molecule has 4 heteroatoms. The molecular formula is C22H30N2O2. The summed E-state index contributed by atoms with van der Waals surface area (Å²) in [6.45, 7) is 4.01. The van der Waals surface area contributed by atoms with Crippen molar-refractivity contribution in [1.29, 1.82) is 0 Å². The Morgan fingerprint density at radius 1 is 1.00 bits per heavy atom. The van der Waals surface area contributed by atoms with E-state index in [1.165, 1.54) is 32.4 Å². The van der Waals surface area contributed by atoms with Crippen LogP contribution in [0.3, 0.4) is 0 Å². The SMILES string of the molecule is COc1cc(C(N)CCN2CCCCC2)ccc1OCc1ccccc1. The molecule has 1 atom stereocenters. The molecule has 2 aromatic rings. The summed E-state index contributed by atoms with van der Waals surface area (Å²) in [5, 5.41) is 0. The molecular weight excluding hydrogens is 324 g/mol. The van der Waals surface area contributed by atoms with Crippen LogP contribution in [-0.2, 0) is 6.61 Å². The van der Waals surface area contributed by atoms with Crippen molar-refractivity contribution in [3.8, 4) is 11.5 Å². The van der Waals surface area contributed by atoms with Crippen LogP contribution in [0.25, 0.3) is 0 Å². The summed E-state index contributed by atoms with van der Waals surface area (Å²) in [6.07, 6.45) is 4.96. The van der Waals surface area contributed by atoms with Gasteiger partial charge < -0.3 is 20.1 Å². The summed E-state index contributed by atoms with van der Waals surface area (Å²) in [5.74, 6) is 1.50. The molecule has 140 valence electrons. The van der Waals surface area contributed by atoms with Gasteiger partial charge in [-0.1, -0.05) is 42.8 Å². The van der Waals surface area contributed by atoms with Gasteiger partial charge in [0, 0.05) is 6.04 Å². The van der Waals surface area contributed by atoms with Gasteiger partial charge in [-0.25, -0.2) is 0 Å². The van der Waals surface area contributed by atoms with Crippen molar-refractivity contribution in [2.45, 2.75) is 38.3 Å². The summed E-state index contributed by atoms with van der Waals surface area (Å²) in [5.41, 5.74) is 8.67. The number of piperidine rings is 1. The van der Waals surface area contributed by atoms with E-state index in [1.807, 2.05) is 30.3 Å². The van der Waals surface area contributed by atoms with Gasteiger partial charge >= 0.3 is 0 Å². The number of rotatable bonds is 8. The van der Waals surface area contributed by atoms with E-state index in [1.54, 1.807) is 7.11 Å². The van der Waals surface area contributed by atoms with Crippen LogP contribution in [0.4, 0.5) is 0 Å². The summed E-state index contributed by atoms with van der Waals surface area (Å²) in [4.78, 5) is 2.53. The van der Waals surface area contributed by atoms with Crippen LogP contribution < -0.4 is 15.2 Å². The Labute approximate surface area is 156 Å². The fraction of sp³-hybridized carbons (Fsp3) is 0.455. The lowest BCUT2D eigenvalue weighted by Gasteiger charge is -2.27. The molecule has 0 aromatic heterocycles. The van der Waals surface area contributed by atoms with Crippen LogP contribution in [0.1, 0.15) is 42.9 Å². The molecule has 2 aromatic carbocycles. The van der Waals surface area contributed by atoms with E-state index in [9.17, 15) is 0 Å². The molecule has 3 rings (SSSR count). The first-order valence-electron chi connectivity index (χ1n) is 9.59. The monoisotopic (exact) mass is 354 g/mol. The van der Waals surface area contributed by atoms with Gasteiger partial charge in [-0.05, 0) is 62.2 Å². The second kappa shape index (κ2) is 9.60. The van der Waals surface area contributed by atoms with Crippen molar-refractivity contribution < 1.29 is 9.47 Å². The number of hydrogen-bond donors (Lipinski definition) is 1. The van der Waals surface area contributed by atoms with Crippen molar-refractivity contribution >= 4 is 0 Å². The predicted molar refractivity (Wildman–Crippen MR) is 106 cm³/mol. The first kappa shape index (κ1) is 18.7. The molecule has 1 heterocycles. The maximum absolute atomic E-state index is 6.43. The van der Waals surface area contributed by atoms with Crippen LogP contribution >= 0.6 is 0 Å². The number of hydrogen-bond acceptors (Lipinski definition) is 4. The maximum Gasteiger partial charge on any atom is 0.161 e. The summed E-state index contributed by atoms with van der Waals surface area (Å²) in [6, 6.07) is 16.2. The van der Waals surface area contributed by atoms with Gasteiger partial charge in [-0.3, -0.25) is 0 Å². The average molecular weight is 354 g/mol. The molecule has 1 unspecified atom stereocenters. The molecule has 26 heavy (non-hydrogen) atoms. The zero-order valence-corrected chi connectivity index (χ0v) is 15.7. The highest BCUT2D eigenvalue weighted by molar-refractivity contribution is 5.44. The van der Waals surface area contributed by atoms with Gasteiger partial charge in [-0.2, -0.15) is 0 Å². The van der Waals surface area contributed by atoms with E-state index in [2.05, 4.69) is 23.1 Å². The highest BCUT2D eigenvalue weighted by Crippen LogP contribution is 2.31. The maximum atomic E-state index is 6.43. The third-order valence-corrected chi connectivity index (χ3v) is 5.06. The fourth-order valence-electron chi connectivity index (χ4n) is 3.44. The van der Waals surface area contributed by atoms with Gasteiger partial charge in [0.25, 0.3) is 0 Å².